The Morgan fingerprint density at radius 2 is 2.36 bits per heavy atom. The molecule has 2 amide bonds. The summed E-state index contributed by atoms with van der Waals surface area (Å²) in [6.07, 6.45) is 6.53. The number of carbonyl (C=O) groups is 1. The highest BCUT2D eigenvalue weighted by Crippen LogP contribution is 2.38. The second-order valence-corrected chi connectivity index (χ2v) is 7.21. The number of aryl methyl sites for hydroxylation is 1. The number of carbonyl (C=O) groups excluding carboxylic acids is 1. The van der Waals surface area contributed by atoms with Gasteiger partial charge in [0.15, 0.2) is 0 Å². The molecular weight excluding hydrogens is 280 g/mol. The molecule has 4 rings (SSSR count). The maximum absolute atomic E-state index is 12.6. The molecule has 3 heterocycles. The molecule has 22 heavy (non-hydrogen) atoms. The zero-order valence-electron chi connectivity index (χ0n) is 13.2. The van der Waals surface area contributed by atoms with Gasteiger partial charge in [-0.1, -0.05) is 0 Å². The second-order valence-electron chi connectivity index (χ2n) is 7.21. The number of hydrogen-bond acceptors (Lipinski definition) is 3. The molecule has 1 saturated carbocycles. The first-order chi connectivity index (χ1) is 10.7. The number of amides is 2. The Bertz CT molecular complexity index is 573. The van der Waals surface area contributed by atoms with Crippen molar-refractivity contribution in [2.75, 3.05) is 31.6 Å². The van der Waals surface area contributed by atoms with Gasteiger partial charge in [-0.25, -0.2) is 9.48 Å². The van der Waals surface area contributed by atoms with Gasteiger partial charge < -0.3 is 9.64 Å². The van der Waals surface area contributed by atoms with Crippen molar-refractivity contribution < 1.29 is 9.53 Å². The van der Waals surface area contributed by atoms with Crippen molar-refractivity contribution >= 4 is 11.8 Å². The Balaban J connectivity index is 1.42. The zero-order chi connectivity index (χ0) is 15.2. The monoisotopic (exact) mass is 304 g/mol. The van der Waals surface area contributed by atoms with Gasteiger partial charge in [-0.2, -0.15) is 5.10 Å². The fourth-order valence-electron chi connectivity index (χ4n) is 3.59. The molecule has 1 aromatic rings. The molecule has 1 aromatic heterocycles. The van der Waals surface area contributed by atoms with E-state index in [0.29, 0.717) is 0 Å². The highest BCUT2D eigenvalue weighted by molar-refractivity contribution is 5.89. The van der Waals surface area contributed by atoms with Gasteiger partial charge in [-0.3, -0.25) is 5.32 Å². The molecule has 3 fully saturated rings. The van der Waals surface area contributed by atoms with Crippen molar-refractivity contribution in [1.29, 1.82) is 0 Å². The summed E-state index contributed by atoms with van der Waals surface area (Å²) < 4.78 is 7.49. The predicted octanol–water partition coefficient (Wildman–Crippen LogP) is 2.25. The zero-order valence-corrected chi connectivity index (χ0v) is 13.2. The Hall–Kier alpha value is -1.56. The third kappa shape index (κ3) is 2.60. The van der Waals surface area contributed by atoms with Crippen LogP contribution in [0.5, 0.6) is 0 Å². The van der Waals surface area contributed by atoms with Gasteiger partial charge in [0.05, 0.1) is 12.8 Å². The lowest BCUT2D eigenvalue weighted by molar-refractivity contribution is 0.154. The molecule has 0 bridgehead atoms. The van der Waals surface area contributed by atoms with Gasteiger partial charge in [0.2, 0.25) is 0 Å². The fraction of sp³-hybridized carbons (Fsp3) is 0.750. The summed E-state index contributed by atoms with van der Waals surface area (Å²) in [6, 6.07) is 0.00409. The van der Waals surface area contributed by atoms with E-state index < -0.39 is 0 Å². The van der Waals surface area contributed by atoms with Crippen LogP contribution in [0.3, 0.4) is 0 Å². The normalized spacial score (nSPS) is 27.8. The summed E-state index contributed by atoms with van der Waals surface area (Å²) in [5.74, 6) is 1.60. The van der Waals surface area contributed by atoms with Crippen molar-refractivity contribution in [3.05, 3.63) is 11.8 Å². The van der Waals surface area contributed by atoms with Gasteiger partial charge in [0.1, 0.15) is 5.82 Å². The van der Waals surface area contributed by atoms with Crippen LogP contribution in [0.15, 0.2) is 6.20 Å². The van der Waals surface area contributed by atoms with Gasteiger partial charge in [0, 0.05) is 37.2 Å². The lowest BCUT2D eigenvalue weighted by atomic mass is 9.87. The van der Waals surface area contributed by atoms with Crippen molar-refractivity contribution in [3.8, 4) is 0 Å². The Morgan fingerprint density at radius 3 is 3.09 bits per heavy atom. The highest BCUT2D eigenvalue weighted by atomic mass is 16.5. The summed E-state index contributed by atoms with van der Waals surface area (Å²) in [5.41, 5.74) is 1.24. The van der Waals surface area contributed by atoms with Crippen LogP contribution in [0, 0.1) is 18.3 Å². The summed E-state index contributed by atoms with van der Waals surface area (Å²) >= 11 is 0. The number of likely N-dealkylation sites (tertiary alicyclic amines) is 1. The van der Waals surface area contributed by atoms with Gasteiger partial charge in [0.25, 0.3) is 0 Å². The minimum Gasteiger partial charge on any atom is -0.381 e. The standard InChI is InChI=1S/C16H24N4O2/c1-12-8-17-20(9-13-2-3-13)14(12)18-15(21)19-6-4-16(10-19)5-7-22-11-16/h8,13H,2-7,9-11H2,1H3,(H,18,21). The molecule has 1 aliphatic carbocycles. The van der Waals surface area contributed by atoms with Crippen LogP contribution < -0.4 is 5.32 Å². The highest BCUT2D eigenvalue weighted by Gasteiger charge is 2.43. The number of aromatic nitrogens is 2. The van der Waals surface area contributed by atoms with Crippen molar-refractivity contribution in [2.45, 2.75) is 39.2 Å². The van der Waals surface area contributed by atoms with Crippen LogP contribution in [-0.2, 0) is 11.3 Å². The molecule has 0 aromatic carbocycles. The third-order valence-corrected chi connectivity index (χ3v) is 5.29. The molecular formula is C16H24N4O2. The van der Waals surface area contributed by atoms with Crippen molar-refractivity contribution in [3.63, 3.8) is 0 Å². The van der Waals surface area contributed by atoms with E-state index in [2.05, 4.69) is 10.4 Å². The van der Waals surface area contributed by atoms with Crippen LogP contribution in [0.1, 0.15) is 31.2 Å². The van der Waals surface area contributed by atoms with E-state index in [9.17, 15) is 4.79 Å². The molecule has 1 atom stereocenters. The topological polar surface area (TPSA) is 59.4 Å². The van der Waals surface area contributed by atoms with Gasteiger partial charge in [-0.15, -0.1) is 0 Å². The van der Waals surface area contributed by atoms with Crippen LogP contribution in [0.25, 0.3) is 0 Å². The minimum absolute atomic E-state index is 0.00409. The summed E-state index contributed by atoms with van der Waals surface area (Å²) in [6.45, 7) is 6.20. The maximum atomic E-state index is 12.6. The van der Waals surface area contributed by atoms with Crippen molar-refractivity contribution in [2.24, 2.45) is 11.3 Å². The van der Waals surface area contributed by atoms with E-state index in [1.165, 1.54) is 12.8 Å². The van der Waals surface area contributed by atoms with Crippen molar-refractivity contribution in [1.82, 2.24) is 14.7 Å². The molecule has 120 valence electrons. The molecule has 1 N–H and O–H groups in total. The molecule has 2 aliphatic heterocycles. The molecule has 6 heteroatoms. The number of urea groups is 1. The fourth-order valence-corrected chi connectivity index (χ4v) is 3.59. The van der Waals surface area contributed by atoms with E-state index in [4.69, 9.17) is 4.74 Å². The van der Waals surface area contributed by atoms with Gasteiger partial charge in [-0.05, 0) is 38.5 Å². The van der Waals surface area contributed by atoms with Crippen LogP contribution in [0.2, 0.25) is 0 Å². The maximum Gasteiger partial charge on any atom is 0.323 e. The van der Waals surface area contributed by atoms with E-state index in [0.717, 1.165) is 63.0 Å². The van der Waals surface area contributed by atoms with Crippen LogP contribution in [0.4, 0.5) is 10.6 Å². The lowest BCUT2D eigenvalue weighted by Crippen LogP contribution is -2.36. The summed E-state index contributed by atoms with van der Waals surface area (Å²) in [5, 5.41) is 7.50. The number of nitrogens with zero attached hydrogens (tertiary/aromatic N) is 3. The lowest BCUT2D eigenvalue weighted by Gasteiger charge is -2.22. The average Bonchev–Trinajstić information content (AvgIpc) is 2.92. The Labute approximate surface area is 130 Å². The van der Waals surface area contributed by atoms with Gasteiger partial charge >= 0.3 is 6.03 Å². The molecule has 0 radical (unpaired) electrons. The first-order valence-corrected chi connectivity index (χ1v) is 8.31. The third-order valence-electron chi connectivity index (χ3n) is 5.29. The molecule has 1 spiro atoms. The Morgan fingerprint density at radius 1 is 1.50 bits per heavy atom. The minimum atomic E-state index is 0.00409. The summed E-state index contributed by atoms with van der Waals surface area (Å²) in [4.78, 5) is 14.5. The SMILES string of the molecule is Cc1cnn(CC2CC2)c1NC(=O)N1CCC2(CCOC2)C1. The number of nitrogens with one attached hydrogen (secondary N) is 1. The summed E-state index contributed by atoms with van der Waals surface area (Å²) in [7, 11) is 0. The van der Waals surface area contributed by atoms with E-state index in [1.54, 1.807) is 0 Å². The number of hydrogen-bond donors (Lipinski definition) is 1. The molecule has 2 saturated heterocycles. The largest absolute Gasteiger partial charge is 0.381 e. The number of ether oxygens (including phenoxy) is 1. The molecule has 1 unspecified atom stereocenters. The van der Waals surface area contributed by atoms with E-state index >= 15 is 0 Å². The first kappa shape index (κ1) is 14.1. The van der Waals surface area contributed by atoms with E-state index in [-0.39, 0.29) is 11.4 Å². The predicted molar refractivity (Wildman–Crippen MR) is 82.8 cm³/mol. The second kappa shape index (κ2) is 5.26. The van der Waals surface area contributed by atoms with E-state index in [1.807, 2.05) is 22.7 Å². The number of anilines is 1. The molecule has 6 nitrogen and oxygen atoms in total. The quantitative estimate of drug-likeness (QED) is 0.931. The van der Waals surface area contributed by atoms with Crippen LogP contribution >= 0.6 is 0 Å². The molecule has 3 aliphatic rings. The smallest absolute Gasteiger partial charge is 0.323 e. The Kier molecular flexibility index (Phi) is 3.36. The first-order valence-electron chi connectivity index (χ1n) is 8.31. The van der Waals surface area contributed by atoms with Crippen LogP contribution in [-0.4, -0.2) is 47.0 Å². The average molecular weight is 304 g/mol. The number of rotatable bonds is 3.